The fraction of sp³-hybridized carbons (Fsp3) is 0.667. The first-order valence-corrected chi connectivity index (χ1v) is 6.16. The van der Waals surface area contributed by atoms with Crippen molar-refractivity contribution >= 4 is 23.4 Å². The van der Waals surface area contributed by atoms with Crippen molar-refractivity contribution in [1.82, 2.24) is 10.2 Å². The summed E-state index contributed by atoms with van der Waals surface area (Å²) in [6, 6.07) is -0.418. The van der Waals surface area contributed by atoms with Crippen molar-refractivity contribution < 1.29 is 9.59 Å². The average molecular weight is 259 g/mol. The van der Waals surface area contributed by atoms with Crippen LogP contribution in [0, 0.1) is 0 Å². The van der Waals surface area contributed by atoms with E-state index in [1.807, 2.05) is 13.8 Å². The maximum absolute atomic E-state index is 12.2. The molecule has 1 aliphatic heterocycles. The molecule has 4 nitrogen and oxygen atoms in total. The van der Waals surface area contributed by atoms with Crippen molar-refractivity contribution in [1.29, 1.82) is 0 Å². The van der Waals surface area contributed by atoms with Crippen molar-refractivity contribution in [2.45, 2.75) is 45.7 Å². The van der Waals surface area contributed by atoms with Gasteiger partial charge >= 0.3 is 0 Å². The molecule has 17 heavy (non-hydrogen) atoms. The first-order chi connectivity index (χ1) is 7.84. The summed E-state index contributed by atoms with van der Waals surface area (Å²) in [5, 5.41) is 2.74. The van der Waals surface area contributed by atoms with Crippen LogP contribution in [0.5, 0.6) is 0 Å². The summed E-state index contributed by atoms with van der Waals surface area (Å²) in [5.74, 6) is -0.165. The molecule has 0 aliphatic carbocycles. The van der Waals surface area contributed by atoms with Crippen LogP contribution in [0.2, 0.25) is 0 Å². The minimum atomic E-state index is -0.829. The third kappa shape index (κ3) is 2.63. The van der Waals surface area contributed by atoms with Gasteiger partial charge in [0, 0.05) is 12.1 Å². The largest absolute Gasteiger partial charge is 0.342 e. The molecule has 0 bridgehead atoms. The molecule has 1 rings (SSSR count). The summed E-state index contributed by atoms with van der Waals surface area (Å²) in [4.78, 5) is 25.8. The van der Waals surface area contributed by atoms with Crippen molar-refractivity contribution in [2.75, 3.05) is 6.54 Å². The van der Waals surface area contributed by atoms with Crippen LogP contribution < -0.4 is 5.32 Å². The molecule has 96 valence electrons. The summed E-state index contributed by atoms with van der Waals surface area (Å²) in [7, 11) is 0. The molecule has 1 unspecified atom stereocenters. The van der Waals surface area contributed by atoms with E-state index in [9.17, 15) is 9.59 Å². The number of piperazine rings is 1. The van der Waals surface area contributed by atoms with Crippen molar-refractivity contribution in [2.24, 2.45) is 0 Å². The fourth-order valence-electron chi connectivity index (χ4n) is 1.82. The first-order valence-electron chi connectivity index (χ1n) is 5.72. The Labute approximate surface area is 107 Å². The average Bonchev–Trinajstić information content (AvgIpc) is 2.29. The molecule has 1 saturated heterocycles. The molecule has 0 aromatic heterocycles. The Morgan fingerprint density at radius 1 is 1.53 bits per heavy atom. The number of amides is 2. The molecule has 1 aliphatic rings. The zero-order chi connectivity index (χ0) is 13.2. The highest BCUT2D eigenvalue weighted by Crippen LogP contribution is 2.23. The number of carbonyl (C=O) groups excluding carboxylic acids is 2. The quantitative estimate of drug-likeness (QED) is 0.837. The smallest absolute Gasteiger partial charge is 0.246 e. The van der Waals surface area contributed by atoms with Gasteiger partial charge in [0.1, 0.15) is 11.6 Å². The molecule has 1 N–H and O–H groups in total. The molecule has 1 fully saturated rings. The van der Waals surface area contributed by atoms with E-state index in [1.165, 1.54) is 5.54 Å². The zero-order valence-electron chi connectivity index (χ0n) is 10.7. The lowest BCUT2D eigenvalue weighted by Crippen LogP contribution is -2.68. The van der Waals surface area contributed by atoms with Crippen LogP contribution in [0.15, 0.2) is 11.1 Å². The summed E-state index contributed by atoms with van der Waals surface area (Å²) in [6.45, 7) is 7.59. The van der Waals surface area contributed by atoms with Crippen LogP contribution in [0.1, 0.15) is 34.1 Å². The molecule has 0 spiro atoms. The lowest BCUT2D eigenvalue weighted by molar-refractivity contribution is -0.154. The van der Waals surface area contributed by atoms with E-state index in [4.69, 9.17) is 11.6 Å². The highest BCUT2D eigenvalue weighted by Gasteiger charge is 2.45. The van der Waals surface area contributed by atoms with E-state index in [-0.39, 0.29) is 11.8 Å². The van der Waals surface area contributed by atoms with Crippen LogP contribution in [-0.2, 0) is 9.59 Å². The van der Waals surface area contributed by atoms with Gasteiger partial charge in [0.05, 0.1) is 0 Å². The first kappa shape index (κ1) is 14.0. The summed E-state index contributed by atoms with van der Waals surface area (Å²) >= 11 is 5.62. The van der Waals surface area contributed by atoms with Crippen molar-refractivity contribution in [3.05, 3.63) is 11.1 Å². The Balaban J connectivity index is 3.02. The Morgan fingerprint density at radius 2 is 2.12 bits per heavy atom. The van der Waals surface area contributed by atoms with Crippen LogP contribution >= 0.6 is 11.6 Å². The van der Waals surface area contributed by atoms with Gasteiger partial charge in [0.2, 0.25) is 11.8 Å². The molecule has 2 amide bonds. The van der Waals surface area contributed by atoms with E-state index in [1.54, 1.807) is 18.7 Å². The zero-order valence-corrected chi connectivity index (χ0v) is 11.5. The van der Waals surface area contributed by atoms with E-state index >= 15 is 0 Å². The molecule has 0 saturated carbocycles. The van der Waals surface area contributed by atoms with Gasteiger partial charge in [0.15, 0.2) is 0 Å². The Hall–Kier alpha value is -1.03. The van der Waals surface area contributed by atoms with E-state index in [2.05, 4.69) is 5.32 Å². The van der Waals surface area contributed by atoms with E-state index in [0.717, 1.165) is 5.57 Å². The van der Waals surface area contributed by atoms with Gasteiger partial charge in [-0.1, -0.05) is 18.5 Å². The SMILES string of the molecule is CCC1NC(=O)C(C)(C)N(CC(C)=CCl)C1=O. The second-order valence-electron chi connectivity index (χ2n) is 4.87. The maximum Gasteiger partial charge on any atom is 0.246 e. The van der Waals surface area contributed by atoms with Gasteiger partial charge < -0.3 is 10.2 Å². The summed E-state index contributed by atoms with van der Waals surface area (Å²) < 4.78 is 0. The Morgan fingerprint density at radius 3 is 2.59 bits per heavy atom. The molecular formula is C12H19ClN2O2. The van der Waals surface area contributed by atoms with Crippen molar-refractivity contribution in [3.63, 3.8) is 0 Å². The predicted octanol–water partition coefficient (Wildman–Crippen LogP) is 1.64. The van der Waals surface area contributed by atoms with Gasteiger partial charge in [-0.15, -0.1) is 0 Å². The van der Waals surface area contributed by atoms with Crippen LogP contribution in [-0.4, -0.2) is 34.8 Å². The molecule has 0 radical (unpaired) electrons. The summed E-state index contributed by atoms with van der Waals surface area (Å²) in [5.41, 5.74) is 1.47. The molecule has 1 atom stereocenters. The normalized spacial score (nSPS) is 24.9. The molecular weight excluding hydrogens is 240 g/mol. The number of carbonyl (C=O) groups is 2. The number of nitrogens with one attached hydrogen (secondary N) is 1. The highest BCUT2D eigenvalue weighted by atomic mass is 35.5. The number of halogens is 1. The Bertz CT molecular complexity index is 364. The third-order valence-electron chi connectivity index (χ3n) is 3.10. The second kappa shape index (κ2) is 5.08. The van der Waals surface area contributed by atoms with Gasteiger partial charge in [-0.2, -0.15) is 0 Å². The van der Waals surface area contributed by atoms with Crippen LogP contribution in [0.25, 0.3) is 0 Å². The standard InChI is InChI=1S/C12H19ClN2O2/c1-5-9-10(16)15(7-8(2)6-13)12(3,4)11(17)14-9/h6,9H,5,7H2,1-4H3,(H,14,17). The lowest BCUT2D eigenvalue weighted by Gasteiger charge is -2.44. The number of nitrogens with zero attached hydrogens (tertiary/aromatic N) is 1. The highest BCUT2D eigenvalue weighted by molar-refractivity contribution is 6.25. The minimum Gasteiger partial charge on any atom is -0.342 e. The number of rotatable bonds is 3. The molecule has 5 heteroatoms. The lowest BCUT2D eigenvalue weighted by atomic mass is 9.94. The number of hydrogen-bond acceptors (Lipinski definition) is 2. The number of hydrogen-bond donors (Lipinski definition) is 1. The van der Waals surface area contributed by atoms with E-state index < -0.39 is 11.6 Å². The van der Waals surface area contributed by atoms with E-state index in [0.29, 0.717) is 13.0 Å². The molecule has 0 aromatic rings. The van der Waals surface area contributed by atoms with Crippen LogP contribution in [0.4, 0.5) is 0 Å². The Kier molecular flexibility index (Phi) is 4.20. The minimum absolute atomic E-state index is 0.0463. The summed E-state index contributed by atoms with van der Waals surface area (Å²) in [6.07, 6.45) is 0.598. The molecule has 1 heterocycles. The molecule has 0 aromatic carbocycles. The van der Waals surface area contributed by atoms with Gasteiger partial charge in [-0.3, -0.25) is 9.59 Å². The monoisotopic (exact) mass is 258 g/mol. The predicted molar refractivity (Wildman–Crippen MR) is 67.6 cm³/mol. The van der Waals surface area contributed by atoms with Gasteiger partial charge in [-0.05, 0) is 32.8 Å². The third-order valence-corrected chi connectivity index (χ3v) is 3.47. The van der Waals surface area contributed by atoms with Gasteiger partial charge in [-0.25, -0.2) is 0 Å². The van der Waals surface area contributed by atoms with Gasteiger partial charge in [0.25, 0.3) is 0 Å². The van der Waals surface area contributed by atoms with Crippen LogP contribution in [0.3, 0.4) is 0 Å². The maximum atomic E-state index is 12.2. The second-order valence-corrected chi connectivity index (χ2v) is 5.09. The van der Waals surface area contributed by atoms with Crippen molar-refractivity contribution in [3.8, 4) is 0 Å². The fourth-order valence-corrected chi connectivity index (χ4v) is 1.89. The topological polar surface area (TPSA) is 49.4 Å².